The lowest BCUT2D eigenvalue weighted by Gasteiger charge is -2.35. The van der Waals surface area contributed by atoms with E-state index in [0.29, 0.717) is 12.5 Å². The number of hydrogen-bond donors (Lipinski definition) is 0. The Bertz CT molecular complexity index is 787. The van der Waals surface area contributed by atoms with E-state index in [4.69, 9.17) is 4.74 Å². The average Bonchev–Trinajstić information content (AvgIpc) is 3.49. The Kier molecular flexibility index (Phi) is 5.46. The number of morpholine rings is 1. The van der Waals surface area contributed by atoms with Crippen molar-refractivity contribution >= 4 is 16.7 Å². The highest BCUT2D eigenvalue weighted by molar-refractivity contribution is 5.85. The standard InChI is InChI=1S/C23H30N2O2/c1-17-14-25(15-18(2)27-17)23(26)12-13-24(21-10-11-21)16-20-8-5-7-19-6-3-4-9-22(19)20/h3-9,17-18,21H,10-16H2,1-2H3. The molecule has 1 aliphatic carbocycles. The Hall–Kier alpha value is -1.91. The van der Waals surface area contributed by atoms with Gasteiger partial charge in [-0.3, -0.25) is 9.69 Å². The van der Waals surface area contributed by atoms with Crippen LogP contribution in [0.3, 0.4) is 0 Å². The highest BCUT2D eigenvalue weighted by Gasteiger charge is 2.31. The van der Waals surface area contributed by atoms with Crippen LogP contribution in [0, 0.1) is 0 Å². The third kappa shape index (κ3) is 4.50. The van der Waals surface area contributed by atoms with Crippen LogP contribution in [0.5, 0.6) is 0 Å². The van der Waals surface area contributed by atoms with E-state index < -0.39 is 0 Å². The van der Waals surface area contributed by atoms with Crippen LogP contribution in [-0.4, -0.2) is 53.6 Å². The van der Waals surface area contributed by atoms with Gasteiger partial charge >= 0.3 is 0 Å². The molecule has 144 valence electrons. The zero-order valence-electron chi connectivity index (χ0n) is 16.4. The quantitative estimate of drug-likeness (QED) is 0.779. The van der Waals surface area contributed by atoms with Crippen LogP contribution in [0.4, 0.5) is 0 Å². The van der Waals surface area contributed by atoms with Crippen molar-refractivity contribution in [1.82, 2.24) is 9.80 Å². The van der Waals surface area contributed by atoms with Crippen molar-refractivity contribution in [1.29, 1.82) is 0 Å². The van der Waals surface area contributed by atoms with E-state index in [-0.39, 0.29) is 18.1 Å². The van der Waals surface area contributed by atoms with E-state index in [1.54, 1.807) is 0 Å². The first-order valence-corrected chi connectivity index (χ1v) is 10.2. The zero-order valence-corrected chi connectivity index (χ0v) is 16.4. The highest BCUT2D eigenvalue weighted by atomic mass is 16.5. The Morgan fingerprint density at radius 3 is 2.52 bits per heavy atom. The molecule has 27 heavy (non-hydrogen) atoms. The summed E-state index contributed by atoms with van der Waals surface area (Å²) in [4.78, 5) is 17.2. The second-order valence-corrected chi connectivity index (χ2v) is 8.15. The van der Waals surface area contributed by atoms with E-state index in [0.717, 1.165) is 26.2 Å². The first kappa shape index (κ1) is 18.5. The number of carbonyl (C=O) groups is 1. The maximum atomic E-state index is 12.7. The van der Waals surface area contributed by atoms with Crippen LogP contribution in [0.25, 0.3) is 10.8 Å². The minimum absolute atomic E-state index is 0.132. The second-order valence-electron chi connectivity index (χ2n) is 8.15. The number of amides is 1. The van der Waals surface area contributed by atoms with Crippen molar-refractivity contribution in [3.05, 3.63) is 48.0 Å². The molecule has 2 aromatic rings. The fraction of sp³-hybridized carbons (Fsp3) is 0.522. The van der Waals surface area contributed by atoms with Crippen LogP contribution < -0.4 is 0 Å². The molecule has 2 aliphatic rings. The van der Waals surface area contributed by atoms with Crippen molar-refractivity contribution in [3.8, 4) is 0 Å². The minimum atomic E-state index is 0.132. The first-order valence-electron chi connectivity index (χ1n) is 10.2. The summed E-state index contributed by atoms with van der Waals surface area (Å²) in [5.41, 5.74) is 1.36. The van der Waals surface area contributed by atoms with Gasteiger partial charge in [0, 0.05) is 38.6 Å². The molecular weight excluding hydrogens is 336 g/mol. The normalized spacial score (nSPS) is 23.1. The molecule has 4 rings (SSSR count). The predicted molar refractivity (Wildman–Crippen MR) is 109 cm³/mol. The Morgan fingerprint density at radius 1 is 1.07 bits per heavy atom. The molecule has 2 atom stereocenters. The molecule has 1 aliphatic heterocycles. The fourth-order valence-electron chi connectivity index (χ4n) is 4.26. The molecule has 2 aromatic carbocycles. The molecule has 0 spiro atoms. The second kappa shape index (κ2) is 7.99. The Labute approximate surface area is 162 Å². The van der Waals surface area contributed by atoms with Gasteiger partial charge in [-0.1, -0.05) is 42.5 Å². The topological polar surface area (TPSA) is 32.8 Å². The minimum Gasteiger partial charge on any atom is -0.372 e. The zero-order chi connectivity index (χ0) is 18.8. The average molecular weight is 367 g/mol. The number of benzene rings is 2. The molecule has 2 unspecified atom stereocenters. The summed E-state index contributed by atoms with van der Waals surface area (Å²) in [6.45, 7) is 7.30. The summed E-state index contributed by atoms with van der Waals surface area (Å²) < 4.78 is 5.76. The summed E-state index contributed by atoms with van der Waals surface area (Å²) >= 11 is 0. The van der Waals surface area contributed by atoms with Gasteiger partial charge in [-0.2, -0.15) is 0 Å². The van der Waals surface area contributed by atoms with Crippen molar-refractivity contribution in [3.63, 3.8) is 0 Å². The molecule has 1 saturated carbocycles. The molecule has 1 amide bonds. The summed E-state index contributed by atoms with van der Waals surface area (Å²) in [6, 6.07) is 15.8. The molecule has 2 fully saturated rings. The maximum Gasteiger partial charge on any atom is 0.224 e. The number of rotatable bonds is 6. The van der Waals surface area contributed by atoms with Crippen molar-refractivity contribution in [2.45, 2.75) is 57.9 Å². The number of fused-ring (bicyclic) bond motifs is 1. The number of ether oxygens (including phenoxy) is 1. The Balaban J connectivity index is 1.41. The number of nitrogens with zero attached hydrogens (tertiary/aromatic N) is 2. The van der Waals surface area contributed by atoms with Crippen molar-refractivity contribution in [2.75, 3.05) is 19.6 Å². The number of carbonyl (C=O) groups excluding carboxylic acids is 1. The van der Waals surface area contributed by atoms with Gasteiger partial charge in [-0.25, -0.2) is 0 Å². The summed E-state index contributed by atoms with van der Waals surface area (Å²) in [5, 5.41) is 2.62. The molecule has 0 radical (unpaired) electrons. The molecule has 0 aromatic heterocycles. The van der Waals surface area contributed by atoms with Crippen LogP contribution in [0.15, 0.2) is 42.5 Å². The highest BCUT2D eigenvalue weighted by Crippen LogP contribution is 2.30. The third-order valence-electron chi connectivity index (χ3n) is 5.70. The van der Waals surface area contributed by atoms with Gasteiger partial charge in [-0.05, 0) is 43.0 Å². The smallest absolute Gasteiger partial charge is 0.224 e. The SMILES string of the molecule is CC1CN(C(=O)CCN(Cc2cccc3ccccc23)C2CC2)CC(C)O1. The summed E-state index contributed by atoms with van der Waals surface area (Å²) in [6.07, 6.45) is 3.37. The molecule has 4 nitrogen and oxygen atoms in total. The van der Waals surface area contributed by atoms with Gasteiger partial charge in [-0.15, -0.1) is 0 Å². The molecule has 1 saturated heterocycles. The molecule has 1 heterocycles. The maximum absolute atomic E-state index is 12.7. The van der Waals surface area contributed by atoms with Crippen LogP contribution >= 0.6 is 0 Å². The van der Waals surface area contributed by atoms with E-state index in [9.17, 15) is 4.79 Å². The van der Waals surface area contributed by atoms with Gasteiger partial charge in [0.25, 0.3) is 0 Å². The number of hydrogen-bond acceptors (Lipinski definition) is 3. The van der Waals surface area contributed by atoms with Gasteiger partial charge < -0.3 is 9.64 Å². The molecule has 4 heteroatoms. The summed E-state index contributed by atoms with van der Waals surface area (Å²) in [5.74, 6) is 0.264. The fourth-order valence-corrected chi connectivity index (χ4v) is 4.26. The molecule has 0 N–H and O–H groups in total. The van der Waals surface area contributed by atoms with E-state index in [1.165, 1.54) is 29.2 Å². The van der Waals surface area contributed by atoms with E-state index >= 15 is 0 Å². The Morgan fingerprint density at radius 2 is 1.78 bits per heavy atom. The predicted octanol–water partition coefficient (Wildman–Crippen LogP) is 3.83. The monoisotopic (exact) mass is 366 g/mol. The van der Waals surface area contributed by atoms with E-state index in [2.05, 4.69) is 47.4 Å². The molecular formula is C23H30N2O2. The van der Waals surface area contributed by atoms with Crippen LogP contribution in [0.2, 0.25) is 0 Å². The lowest BCUT2D eigenvalue weighted by molar-refractivity contribution is -0.143. The van der Waals surface area contributed by atoms with Crippen LogP contribution in [0.1, 0.15) is 38.7 Å². The third-order valence-corrected chi connectivity index (χ3v) is 5.70. The van der Waals surface area contributed by atoms with Gasteiger partial charge in [0.2, 0.25) is 5.91 Å². The first-order chi connectivity index (χ1) is 13.1. The lowest BCUT2D eigenvalue weighted by Crippen LogP contribution is -2.48. The van der Waals surface area contributed by atoms with Crippen molar-refractivity contribution in [2.24, 2.45) is 0 Å². The lowest BCUT2D eigenvalue weighted by atomic mass is 10.0. The van der Waals surface area contributed by atoms with Crippen LogP contribution in [-0.2, 0) is 16.1 Å². The summed E-state index contributed by atoms with van der Waals surface area (Å²) in [7, 11) is 0. The van der Waals surface area contributed by atoms with Gasteiger partial charge in [0.15, 0.2) is 0 Å². The van der Waals surface area contributed by atoms with E-state index in [1.807, 2.05) is 18.7 Å². The largest absolute Gasteiger partial charge is 0.372 e. The van der Waals surface area contributed by atoms with Crippen molar-refractivity contribution < 1.29 is 9.53 Å². The van der Waals surface area contributed by atoms with Gasteiger partial charge in [0.05, 0.1) is 12.2 Å². The molecule has 0 bridgehead atoms. The van der Waals surface area contributed by atoms with Gasteiger partial charge in [0.1, 0.15) is 0 Å².